The van der Waals surface area contributed by atoms with Crippen molar-refractivity contribution in [3.63, 3.8) is 0 Å². The van der Waals surface area contributed by atoms with Crippen molar-refractivity contribution >= 4 is 21.8 Å². The molecular weight excluding hydrogens is 282 g/mol. The highest BCUT2D eigenvalue weighted by atomic mass is 79.9. The van der Waals surface area contributed by atoms with E-state index >= 15 is 0 Å². The highest BCUT2D eigenvalue weighted by Crippen LogP contribution is 2.25. The maximum atomic E-state index is 11.8. The van der Waals surface area contributed by atoms with Crippen LogP contribution in [0.3, 0.4) is 0 Å². The van der Waals surface area contributed by atoms with Crippen molar-refractivity contribution in [1.82, 2.24) is 5.32 Å². The highest BCUT2D eigenvalue weighted by molar-refractivity contribution is 9.10. The molecule has 3 nitrogen and oxygen atoms in total. The van der Waals surface area contributed by atoms with Gasteiger partial charge in [0.25, 0.3) is 5.91 Å². The van der Waals surface area contributed by atoms with Crippen molar-refractivity contribution in [1.29, 1.82) is 0 Å². The van der Waals surface area contributed by atoms with Crippen LogP contribution in [0, 0.1) is 5.92 Å². The summed E-state index contributed by atoms with van der Waals surface area (Å²) in [6.07, 6.45) is 0.989. The minimum atomic E-state index is -0.0472. The van der Waals surface area contributed by atoms with E-state index in [-0.39, 0.29) is 5.91 Å². The molecule has 1 rings (SSSR count). The van der Waals surface area contributed by atoms with Crippen molar-refractivity contribution in [3.05, 3.63) is 28.2 Å². The number of hydrogen-bond donors (Lipinski definition) is 1. The Labute approximate surface area is 111 Å². The second-order valence-corrected chi connectivity index (χ2v) is 5.14. The first-order valence-corrected chi connectivity index (χ1v) is 6.45. The number of nitrogens with one attached hydrogen (secondary N) is 1. The number of ether oxygens (including phenoxy) is 1. The van der Waals surface area contributed by atoms with Crippen LogP contribution in [0.1, 0.15) is 30.6 Å². The van der Waals surface area contributed by atoms with Crippen LogP contribution >= 0.6 is 15.9 Å². The molecule has 0 heterocycles. The standard InChI is InChI=1S/C13H18BrNO2/c1-9(2)6-7-15-13(16)10-4-5-12(17-3)11(14)8-10/h4-5,8-9H,6-7H2,1-3H3,(H,15,16). The molecule has 4 heteroatoms. The molecule has 0 radical (unpaired) electrons. The van der Waals surface area contributed by atoms with Gasteiger partial charge >= 0.3 is 0 Å². The molecule has 0 atom stereocenters. The Hall–Kier alpha value is -1.03. The number of carbonyl (C=O) groups excluding carboxylic acids is 1. The largest absolute Gasteiger partial charge is 0.496 e. The average molecular weight is 300 g/mol. The number of methoxy groups -OCH3 is 1. The van der Waals surface area contributed by atoms with Gasteiger partial charge in [-0.2, -0.15) is 0 Å². The predicted molar refractivity (Wildman–Crippen MR) is 72.5 cm³/mol. The molecule has 0 aliphatic carbocycles. The van der Waals surface area contributed by atoms with Crippen molar-refractivity contribution in [2.45, 2.75) is 20.3 Å². The van der Waals surface area contributed by atoms with Crippen molar-refractivity contribution in [2.75, 3.05) is 13.7 Å². The first-order chi connectivity index (χ1) is 8.04. The van der Waals surface area contributed by atoms with Gasteiger partial charge in [-0.3, -0.25) is 4.79 Å². The summed E-state index contributed by atoms with van der Waals surface area (Å²) in [6.45, 7) is 4.98. The van der Waals surface area contributed by atoms with E-state index in [1.54, 1.807) is 25.3 Å². The van der Waals surface area contributed by atoms with Crippen molar-refractivity contribution in [2.24, 2.45) is 5.92 Å². The Morgan fingerprint density at radius 1 is 1.47 bits per heavy atom. The van der Waals surface area contributed by atoms with Gasteiger partial charge in [-0.25, -0.2) is 0 Å². The lowest BCUT2D eigenvalue weighted by molar-refractivity contribution is 0.0952. The van der Waals surface area contributed by atoms with E-state index in [1.807, 2.05) is 0 Å². The molecular formula is C13H18BrNO2. The molecule has 0 aliphatic heterocycles. The second kappa shape index (κ2) is 6.64. The van der Waals surface area contributed by atoms with Crippen molar-refractivity contribution < 1.29 is 9.53 Å². The van der Waals surface area contributed by atoms with E-state index in [0.717, 1.165) is 16.6 Å². The average Bonchev–Trinajstić information content (AvgIpc) is 2.28. The lowest BCUT2D eigenvalue weighted by Gasteiger charge is -2.08. The van der Waals surface area contributed by atoms with Gasteiger partial charge in [0, 0.05) is 12.1 Å². The highest BCUT2D eigenvalue weighted by Gasteiger charge is 2.08. The number of halogens is 1. The first-order valence-electron chi connectivity index (χ1n) is 5.66. The van der Waals surface area contributed by atoms with Gasteiger partial charge in [-0.15, -0.1) is 0 Å². The molecule has 17 heavy (non-hydrogen) atoms. The molecule has 0 unspecified atom stereocenters. The quantitative estimate of drug-likeness (QED) is 0.906. The van der Waals surface area contributed by atoms with Gasteiger partial charge in [0.15, 0.2) is 0 Å². The van der Waals surface area contributed by atoms with Gasteiger partial charge in [0.2, 0.25) is 0 Å². The Morgan fingerprint density at radius 2 is 2.18 bits per heavy atom. The zero-order valence-corrected chi connectivity index (χ0v) is 12.0. The summed E-state index contributed by atoms with van der Waals surface area (Å²) < 4.78 is 5.90. The Kier molecular flexibility index (Phi) is 5.48. The number of benzene rings is 1. The maximum Gasteiger partial charge on any atom is 0.251 e. The predicted octanol–water partition coefficient (Wildman–Crippen LogP) is 3.23. The van der Waals surface area contributed by atoms with Crippen LogP contribution in [0.2, 0.25) is 0 Å². The van der Waals surface area contributed by atoms with Crippen LogP contribution in [0.25, 0.3) is 0 Å². The number of rotatable bonds is 5. The summed E-state index contributed by atoms with van der Waals surface area (Å²) >= 11 is 3.36. The van der Waals surface area contributed by atoms with Gasteiger partial charge < -0.3 is 10.1 Å². The van der Waals surface area contributed by atoms with E-state index in [9.17, 15) is 4.79 Å². The fourth-order valence-electron chi connectivity index (χ4n) is 1.38. The fourth-order valence-corrected chi connectivity index (χ4v) is 1.92. The maximum absolute atomic E-state index is 11.8. The molecule has 1 N–H and O–H groups in total. The Morgan fingerprint density at radius 3 is 2.71 bits per heavy atom. The third-order valence-corrected chi connectivity index (χ3v) is 3.04. The Balaban J connectivity index is 2.60. The third kappa shape index (κ3) is 4.38. The third-order valence-electron chi connectivity index (χ3n) is 2.42. The topological polar surface area (TPSA) is 38.3 Å². The summed E-state index contributed by atoms with van der Waals surface area (Å²) in [5.74, 6) is 1.27. The van der Waals surface area contributed by atoms with E-state index < -0.39 is 0 Å². The molecule has 1 amide bonds. The molecule has 0 aliphatic rings. The Bertz CT molecular complexity index is 391. The number of amides is 1. The molecule has 1 aromatic carbocycles. The first kappa shape index (κ1) is 14.0. The second-order valence-electron chi connectivity index (χ2n) is 4.29. The van der Waals surface area contributed by atoms with Gasteiger partial charge in [0.1, 0.15) is 5.75 Å². The summed E-state index contributed by atoms with van der Waals surface area (Å²) in [5, 5.41) is 2.89. The molecule has 0 aromatic heterocycles. The van der Waals surface area contributed by atoms with Crippen molar-refractivity contribution in [3.8, 4) is 5.75 Å². The van der Waals surface area contributed by atoms with E-state index in [1.165, 1.54) is 0 Å². The molecule has 0 bridgehead atoms. The molecule has 0 fully saturated rings. The molecule has 0 spiro atoms. The molecule has 94 valence electrons. The van der Waals surface area contributed by atoms with Gasteiger partial charge in [0.05, 0.1) is 11.6 Å². The van der Waals surface area contributed by atoms with Crippen LogP contribution in [0.15, 0.2) is 22.7 Å². The van der Waals surface area contributed by atoms with E-state index in [4.69, 9.17) is 4.74 Å². The molecule has 1 aromatic rings. The lowest BCUT2D eigenvalue weighted by atomic mass is 10.1. The van der Waals surface area contributed by atoms with Gasteiger partial charge in [-0.05, 0) is 46.5 Å². The summed E-state index contributed by atoms with van der Waals surface area (Å²) in [4.78, 5) is 11.8. The smallest absolute Gasteiger partial charge is 0.251 e. The van der Waals surface area contributed by atoms with Crippen LogP contribution in [-0.2, 0) is 0 Å². The van der Waals surface area contributed by atoms with Crippen LogP contribution < -0.4 is 10.1 Å². The minimum absolute atomic E-state index is 0.0472. The fraction of sp³-hybridized carbons (Fsp3) is 0.462. The van der Waals surface area contributed by atoms with Crippen LogP contribution in [-0.4, -0.2) is 19.6 Å². The van der Waals surface area contributed by atoms with E-state index in [0.29, 0.717) is 18.0 Å². The molecule has 0 saturated carbocycles. The summed E-state index contributed by atoms with van der Waals surface area (Å²) in [5.41, 5.74) is 0.640. The van der Waals surface area contributed by atoms with Gasteiger partial charge in [-0.1, -0.05) is 13.8 Å². The zero-order chi connectivity index (χ0) is 12.8. The summed E-state index contributed by atoms with van der Waals surface area (Å²) in [6, 6.07) is 5.30. The van der Waals surface area contributed by atoms with Crippen LogP contribution in [0.5, 0.6) is 5.75 Å². The van der Waals surface area contributed by atoms with Crippen LogP contribution in [0.4, 0.5) is 0 Å². The minimum Gasteiger partial charge on any atom is -0.496 e. The SMILES string of the molecule is COc1ccc(C(=O)NCCC(C)C)cc1Br. The summed E-state index contributed by atoms with van der Waals surface area (Å²) in [7, 11) is 1.60. The monoisotopic (exact) mass is 299 g/mol. The zero-order valence-electron chi connectivity index (χ0n) is 10.4. The number of hydrogen-bond acceptors (Lipinski definition) is 2. The van der Waals surface area contributed by atoms with E-state index in [2.05, 4.69) is 35.1 Å². The molecule has 0 saturated heterocycles. The normalized spacial score (nSPS) is 10.4. The number of carbonyl (C=O) groups is 1. The lowest BCUT2D eigenvalue weighted by Crippen LogP contribution is -2.25.